The number of aromatic nitrogens is 3. The molecule has 5 rings (SSSR count). The molecule has 2 aromatic carbocycles. The molecule has 7 nitrogen and oxygen atoms in total. The minimum absolute atomic E-state index is 0.0953. The van der Waals surface area contributed by atoms with Crippen LogP contribution in [0.15, 0.2) is 54.7 Å². The Labute approximate surface area is 176 Å². The standard InChI is InChI=1S/C22H20N5O2P/c28-21-18-3-1-2-4-19(18)22(29)26(21)12-15-13-27(25-24-15)16-5-6-17(20(30)11-16)14-7-9-23-10-8-14/h1-7,11,13,23H,8-10,12,30H2. The lowest BCUT2D eigenvalue weighted by Gasteiger charge is -2.16. The van der Waals surface area contributed by atoms with Gasteiger partial charge >= 0.3 is 0 Å². The van der Waals surface area contributed by atoms with Crippen molar-refractivity contribution in [1.82, 2.24) is 25.2 Å². The molecule has 3 aromatic rings. The third kappa shape index (κ3) is 3.26. The van der Waals surface area contributed by atoms with Crippen molar-refractivity contribution in [3.05, 3.63) is 77.1 Å². The van der Waals surface area contributed by atoms with Crippen LogP contribution in [0.4, 0.5) is 0 Å². The van der Waals surface area contributed by atoms with Crippen molar-refractivity contribution in [2.75, 3.05) is 13.1 Å². The number of nitrogens with zero attached hydrogens (tertiary/aromatic N) is 4. The lowest BCUT2D eigenvalue weighted by atomic mass is 10.00. The van der Waals surface area contributed by atoms with E-state index in [-0.39, 0.29) is 18.4 Å². The highest BCUT2D eigenvalue weighted by atomic mass is 31.0. The van der Waals surface area contributed by atoms with Crippen molar-refractivity contribution in [2.24, 2.45) is 0 Å². The van der Waals surface area contributed by atoms with Crippen LogP contribution in [0.2, 0.25) is 0 Å². The second-order valence-corrected chi connectivity index (χ2v) is 7.97. The fourth-order valence-electron chi connectivity index (χ4n) is 3.89. The van der Waals surface area contributed by atoms with Gasteiger partial charge in [0.2, 0.25) is 0 Å². The average Bonchev–Trinajstić information content (AvgIpc) is 3.34. The summed E-state index contributed by atoms with van der Waals surface area (Å²) in [6, 6.07) is 13.0. The lowest BCUT2D eigenvalue weighted by molar-refractivity contribution is 0.0640. The lowest BCUT2D eigenvalue weighted by Crippen LogP contribution is -2.29. The number of nitrogens with one attached hydrogen (secondary N) is 1. The van der Waals surface area contributed by atoms with Gasteiger partial charge in [-0.15, -0.1) is 14.3 Å². The highest BCUT2D eigenvalue weighted by Crippen LogP contribution is 2.24. The number of hydrogen-bond acceptors (Lipinski definition) is 5. The van der Waals surface area contributed by atoms with Gasteiger partial charge in [-0.25, -0.2) is 4.68 Å². The number of carbonyl (C=O) groups is 2. The second-order valence-electron chi connectivity index (χ2n) is 7.35. The topological polar surface area (TPSA) is 80.1 Å². The molecule has 8 heteroatoms. The Kier molecular flexibility index (Phi) is 4.77. The quantitative estimate of drug-likeness (QED) is 0.519. The van der Waals surface area contributed by atoms with Crippen LogP contribution in [0.25, 0.3) is 11.3 Å². The van der Waals surface area contributed by atoms with E-state index in [0.717, 1.165) is 30.5 Å². The molecule has 1 atom stereocenters. The van der Waals surface area contributed by atoms with Crippen molar-refractivity contribution in [2.45, 2.75) is 13.0 Å². The molecule has 0 radical (unpaired) electrons. The zero-order valence-electron chi connectivity index (χ0n) is 16.2. The van der Waals surface area contributed by atoms with Crippen LogP contribution in [0.1, 0.15) is 38.4 Å². The van der Waals surface area contributed by atoms with E-state index in [1.54, 1.807) is 35.1 Å². The van der Waals surface area contributed by atoms with Crippen molar-refractivity contribution >= 4 is 31.9 Å². The smallest absolute Gasteiger partial charge is 0.261 e. The molecule has 0 spiro atoms. The van der Waals surface area contributed by atoms with Crippen LogP contribution in [-0.4, -0.2) is 44.8 Å². The van der Waals surface area contributed by atoms with Crippen molar-refractivity contribution < 1.29 is 9.59 Å². The van der Waals surface area contributed by atoms with Crippen LogP contribution in [0.5, 0.6) is 0 Å². The number of fused-ring (bicyclic) bond motifs is 1. The highest BCUT2D eigenvalue weighted by molar-refractivity contribution is 7.27. The first kappa shape index (κ1) is 18.9. The zero-order chi connectivity index (χ0) is 20.7. The van der Waals surface area contributed by atoms with E-state index in [2.05, 4.69) is 37.0 Å². The molecule has 0 aliphatic carbocycles. The van der Waals surface area contributed by atoms with Crippen LogP contribution >= 0.6 is 9.24 Å². The number of carbonyl (C=O) groups excluding carboxylic acids is 2. The third-order valence-corrected chi connectivity index (χ3v) is 5.93. The number of imide groups is 1. The van der Waals surface area contributed by atoms with Gasteiger partial charge < -0.3 is 5.32 Å². The molecule has 0 saturated heterocycles. The molecule has 30 heavy (non-hydrogen) atoms. The number of hydrogen-bond donors (Lipinski definition) is 1. The van der Waals surface area contributed by atoms with Gasteiger partial charge in [0, 0.05) is 6.54 Å². The van der Waals surface area contributed by atoms with E-state index in [4.69, 9.17) is 0 Å². The normalized spacial score (nSPS) is 16.0. The molecule has 0 saturated carbocycles. The summed E-state index contributed by atoms with van der Waals surface area (Å²) in [5.74, 6) is -0.589. The molecule has 0 bridgehead atoms. The first-order valence-electron chi connectivity index (χ1n) is 9.78. The summed E-state index contributed by atoms with van der Waals surface area (Å²) >= 11 is 0. The Morgan fingerprint density at radius 3 is 2.47 bits per heavy atom. The van der Waals surface area contributed by atoms with E-state index < -0.39 is 0 Å². The molecule has 3 heterocycles. The first-order chi connectivity index (χ1) is 14.6. The molecule has 2 aliphatic heterocycles. The van der Waals surface area contributed by atoms with Gasteiger partial charge in [-0.3, -0.25) is 14.5 Å². The van der Waals surface area contributed by atoms with Gasteiger partial charge in [-0.05, 0) is 53.7 Å². The van der Waals surface area contributed by atoms with Crippen molar-refractivity contribution in [1.29, 1.82) is 0 Å². The van der Waals surface area contributed by atoms with E-state index in [1.165, 1.54) is 16.0 Å². The van der Waals surface area contributed by atoms with Gasteiger partial charge in [-0.2, -0.15) is 0 Å². The Bertz CT molecular complexity index is 1160. The molecular formula is C22H20N5O2P. The van der Waals surface area contributed by atoms with E-state index >= 15 is 0 Å². The van der Waals surface area contributed by atoms with Gasteiger partial charge in [0.05, 0.1) is 29.6 Å². The molecule has 1 unspecified atom stereocenters. The highest BCUT2D eigenvalue weighted by Gasteiger charge is 2.35. The largest absolute Gasteiger partial charge is 0.313 e. The zero-order valence-corrected chi connectivity index (χ0v) is 17.4. The predicted molar refractivity (Wildman–Crippen MR) is 117 cm³/mol. The van der Waals surface area contributed by atoms with Gasteiger partial charge in [-0.1, -0.05) is 29.5 Å². The van der Waals surface area contributed by atoms with Crippen LogP contribution in [0.3, 0.4) is 0 Å². The average molecular weight is 417 g/mol. The number of amides is 2. The third-order valence-electron chi connectivity index (χ3n) is 5.45. The van der Waals surface area contributed by atoms with Crippen molar-refractivity contribution in [3.8, 4) is 5.69 Å². The summed E-state index contributed by atoms with van der Waals surface area (Å²) < 4.78 is 1.67. The molecule has 1 aromatic heterocycles. The monoisotopic (exact) mass is 417 g/mol. The maximum atomic E-state index is 12.6. The number of benzene rings is 2. The Balaban J connectivity index is 1.36. The van der Waals surface area contributed by atoms with Gasteiger partial charge in [0.25, 0.3) is 11.8 Å². The molecule has 2 amide bonds. The predicted octanol–water partition coefficient (Wildman–Crippen LogP) is 1.94. The maximum absolute atomic E-state index is 12.6. The fourth-order valence-corrected chi connectivity index (χ4v) is 4.35. The summed E-state index contributed by atoms with van der Waals surface area (Å²) in [5, 5.41) is 12.8. The van der Waals surface area contributed by atoms with E-state index in [1.807, 2.05) is 12.1 Å². The Morgan fingerprint density at radius 2 is 1.80 bits per heavy atom. The molecular weight excluding hydrogens is 397 g/mol. The summed E-state index contributed by atoms with van der Waals surface area (Å²) in [6.07, 6.45) is 4.99. The minimum atomic E-state index is -0.294. The first-order valence-corrected chi connectivity index (χ1v) is 10.4. The van der Waals surface area contributed by atoms with E-state index in [0.29, 0.717) is 16.8 Å². The van der Waals surface area contributed by atoms with Crippen LogP contribution in [0, 0.1) is 0 Å². The van der Waals surface area contributed by atoms with Gasteiger partial charge in [0.1, 0.15) is 5.69 Å². The summed E-state index contributed by atoms with van der Waals surface area (Å²) in [7, 11) is 2.80. The van der Waals surface area contributed by atoms with Crippen molar-refractivity contribution in [3.63, 3.8) is 0 Å². The summed E-state index contributed by atoms with van der Waals surface area (Å²) in [4.78, 5) is 26.3. The van der Waals surface area contributed by atoms with Crippen LogP contribution < -0.4 is 10.6 Å². The Morgan fingerprint density at radius 1 is 1.03 bits per heavy atom. The molecule has 0 fully saturated rings. The minimum Gasteiger partial charge on any atom is -0.313 e. The second kappa shape index (κ2) is 7.59. The molecule has 2 aliphatic rings. The summed E-state index contributed by atoms with van der Waals surface area (Å²) in [5.41, 5.74) is 4.86. The Hall–Kier alpha value is -3.15. The van der Waals surface area contributed by atoms with Gasteiger partial charge in [0.15, 0.2) is 0 Å². The summed E-state index contributed by atoms with van der Waals surface area (Å²) in [6.45, 7) is 1.98. The molecule has 1 N–H and O–H groups in total. The SMILES string of the molecule is O=C1c2ccccc2C(=O)N1Cc1cn(-c2ccc(C3=CCNCC3)c(P)c2)nn1. The maximum Gasteiger partial charge on any atom is 0.261 e. The molecule has 150 valence electrons. The van der Waals surface area contributed by atoms with E-state index in [9.17, 15) is 9.59 Å². The fraction of sp³-hybridized carbons (Fsp3) is 0.182. The van der Waals surface area contributed by atoms with Crippen LogP contribution in [-0.2, 0) is 6.54 Å². The number of rotatable bonds is 4.